The van der Waals surface area contributed by atoms with Gasteiger partial charge in [0.2, 0.25) is 0 Å². The predicted molar refractivity (Wildman–Crippen MR) is 72.8 cm³/mol. The van der Waals surface area contributed by atoms with Crippen molar-refractivity contribution in [3.8, 4) is 0 Å². The maximum absolute atomic E-state index is 5.47. The molecule has 0 bridgehead atoms. The summed E-state index contributed by atoms with van der Waals surface area (Å²) in [6, 6.07) is 4.48. The molecule has 0 fully saturated rings. The second-order valence-electron chi connectivity index (χ2n) is 3.20. The molecule has 0 amide bonds. The molecule has 0 aliphatic rings. The van der Waals surface area contributed by atoms with Crippen molar-refractivity contribution in [2.75, 3.05) is 19.1 Å². The van der Waals surface area contributed by atoms with Gasteiger partial charge >= 0.3 is 0 Å². The minimum absolute atomic E-state index is 0.594. The van der Waals surface area contributed by atoms with E-state index in [1.807, 2.05) is 6.08 Å². The van der Waals surface area contributed by atoms with Crippen molar-refractivity contribution in [3.05, 3.63) is 29.3 Å². The number of rotatable bonds is 4. The standard InChI is InChI=1S/C12H17NS2/c1-9-7-12(15-3)10(5-4-6-13)8-11(9)14-2/h4-5,7-8H,6,13H2,1-3H3/b5-4+. The third-order valence-electron chi connectivity index (χ3n) is 2.18. The molecule has 1 aromatic rings. The van der Waals surface area contributed by atoms with Crippen LogP contribution < -0.4 is 5.73 Å². The lowest BCUT2D eigenvalue weighted by molar-refractivity contribution is 1.22. The van der Waals surface area contributed by atoms with E-state index in [1.165, 1.54) is 20.9 Å². The first-order chi connectivity index (χ1) is 7.22. The quantitative estimate of drug-likeness (QED) is 0.815. The SMILES string of the molecule is CSc1cc(/C=C/CN)c(SC)cc1C. The van der Waals surface area contributed by atoms with Crippen molar-refractivity contribution in [2.24, 2.45) is 5.73 Å². The van der Waals surface area contributed by atoms with Crippen molar-refractivity contribution in [1.29, 1.82) is 0 Å². The summed E-state index contributed by atoms with van der Waals surface area (Å²) >= 11 is 3.57. The van der Waals surface area contributed by atoms with E-state index in [1.54, 1.807) is 23.5 Å². The second-order valence-corrected chi connectivity index (χ2v) is 4.90. The number of benzene rings is 1. The molecule has 0 saturated heterocycles. The van der Waals surface area contributed by atoms with E-state index in [0.717, 1.165) is 0 Å². The fraction of sp³-hybridized carbons (Fsp3) is 0.333. The number of thioether (sulfide) groups is 2. The van der Waals surface area contributed by atoms with Crippen LogP contribution >= 0.6 is 23.5 Å². The molecule has 0 spiro atoms. The molecule has 0 unspecified atom stereocenters. The molecular weight excluding hydrogens is 222 g/mol. The molecule has 0 radical (unpaired) electrons. The van der Waals surface area contributed by atoms with Crippen molar-refractivity contribution in [1.82, 2.24) is 0 Å². The van der Waals surface area contributed by atoms with Crippen molar-refractivity contribution >= 4 is 29.6 Å². The van der Waals surface area contributed by atoms with E-state index in [0.29, 0.717) is 6.54 Å². The van der Waals surface area contributed by atoms with E-state index < -0.39 is 0 Å². The van der Waals surface area contributed by atoms with Crippen LogP contribution in [-0.4, -0.2) is 19.1 Å². The van der Waals surface area contributed by atoms with Gasteiger partial charge in [-0.25, -0.2) is 0 Å². The third kappa shape index (κ3) is 3.30. The monoisotopic (exact) mass is 239 g/mol. The molecule has 0 aromatic heterocycles. The first-order valence-corrected chi connectivity index (χ1v) is 7.27. The molecule has 0 atom stereocenters. The largest absolute Gasteiger partial charge is 0.327 e. The average Bonchev–Trinajstić information content (AvgIpc) is 2.26. The molecule has 1 rings (SSSR count). The fourth-order valence-electron chi connectivity index (χ4n) is 1.40. The van der Waals surface area contributed by atoms with Gasteiger partial charge in [0.05, 0.1) is 0 Å². The lowest BCUT2D eigenvalue weighted by Crippen LogP contribution is -1.92. The summed E-state index contributed by atoms with van der Waals surface area (Å²) in [5.74, 6) is 0. The molecule has 2 N–H and O–H groups in total. The average molecular weight is 239 g/mol. The minimum Gasteiger partial charge on any atom is -0.327 e. The van der Waals surface area contributed by atoms with Crippen LogP contribution in [-0.2, 0) is 0 Å². The maximum Gasteiger partial charge on any atom is 0.0145 e. The molecule has 0 saturated carbocycles. The number of hydrogen-bond acceptors (Lipinski definition) is 3. The van der Waals surface area contributed by atoms with Crippen LogP contribution in [0.4, 0.5) is 0 Å². The van der Waals surface area contributed by atoms with Gasteiger partial charge in [0, 0.05) is 16.3 Å². The highest BCUT2D eigenvalue weighted by Crippen LogP contribution is 2.29. The van der Waals surface area contributed by atoms with Crippen LogP contribution in [0.1, 0.15) is 11.1 Å². The lowest BCUT2D eigenvalue weighted by Gasteiger charge is -2.09. The van der Waals surface area contributed by atoms with E-state index in [2.05, 4.69) is 37.6 Å². The van der Waals surface area contributed by atoms with Gasteiger partial charge in [-0.15, -0.1) is 23.5 Å². The molecule has 0 aliphatic heterocycles. The molecule has 1 aromatic carbocycles. The Kier molecular flexibility index (Phi) is 5.29. The van der Waals surface area contributed by atoms with Gasteiger partial charge in [-0.05, 0) is 42.7 Å². The normalized spacial score (nSPS) is 11.2. The molecular formula is C12H17NS2. The Morgan fingerprint density at radius 1 is 1.20 bits per heavy atom. The predicted octanol–water partition coefficient (Wildman–Crippen LogP) is 3.41. The van der Waals surface area contributed by atoms with E-state index in [9.17, 15) is 0 Å². The smallest absolute Gasteiger partial charge is 0.0145 e. The van der Waals surface area contributed by atoms with Crippen LogP contribution in [0.25, 0.3) is 6.08 Å². The highest BCUT2D eigenvalue weighted by atomic mass is 32.2. The van der Waals surface area contributed by atoms with Crippen molar-refractivity contribution in [2.45, 2.75) is 16.7 Å². The van der Waals surface area contributed by atoms with Crippen molar-refractivity contribution in [3.63, 3.8) is 0 Å². The van der Waals surface area contributed by atoms with Gasteiger partial charge in [-0.1, -0.05) is 12.2 Å². The maximum atomic E-state index is 5.47. The van der Waals surface area contributed by atoms with Gasteiger partial charge in [-0.3, -0.25) is 0 Å². The Morgan fingerprint density at radius 2 is 1.87 bits per heavy atom. The van der Waals surface area contributed by atoms with E-state index in [-0.39, 0.29) is 0 Å². The Balaban J connectivity index is 3.16. The van der Waals surface area contributed by atoms with Gasteiger partial charge in [0.1, 0.15) is 0 Å². The molecule has 1 nitrogen and oxygen atoms in total. The number of hydrogen-bond donors (Lipinski definition) is 1. The Morgan fingerprint density at radius 3 is 2.40 bits per heavy atom. The topological polar surface area (TPSA) is 26.0 Å². The minimum atomic E-state index is 0.594. The summed E-state index contributed by atoms with van der Waals surface area (Å²) in [6.45, 7) is 2.75. The van der Waals surface area contributed by atoms with Gasteiger partial charge in [0.25, 0.3) is 0 Å². The van der Waals surface area contributed by atoms with Gasteiger partial charge < -0.3 is 5.73 Å². The third-order valence-corrected chi connectivity index (χ3v) is 3.85. The Hall–Kier alpha value is -0.380. The van der Waals surface area contributed by atoms with E-state index >= 15 is 0 Å². The lowest BCUT2D eigenvalue weighted by atomic mass is 10.1. The molecule has 3 heteroatoms. The number of aryl methyl sites for hydroxylation is 1. The Labute approximate surface area is 101 Å². The zero-order valence-electron chi connectivity index (χ0n) is 9.41. The first kappa shape index (κ1) is 12.7. The van der Waals surface area contributed by atoms with Gasteiger partial charge in [0.15, 0.2) is 0 Å². The van der Waals surface area contributed by atoms with Gasteiger partial charge in [-0.2, -0.15) is 0 Å². The molecule has 0 aliphatic carbocycles. The fourth-order valence-corrected chi connectivity index (χ4v) is 2.68. The molecule has 0 heterocycles. The summed E-state index contributed by atoms with van der Waals surface area (Å²) in [7, 11) is 0. The molecule has 82 valence electrons. The zero-order valence-corrected chi connectivity index (χ0v) is 11.0. The number of nitrogens with two attached hydrogens (primary N) is 1. The highest BCUT2D eigenvalue weighted by Gasteiger charge is 2.03. The second kappa shape index (κ2) is 6.26. The van der Waals surface area contributed by atoms with Crippen LogP contribution in [0.15, 0.2) is 28.0 Å². The van der Waals surface area contributed by atoms with E-state index in [4.69, 9.17) is 5.73 Å². The van der Waals surface area contributed by atoms with Crippen LogP contribution in [0.5, 0.6) is 0 Å². The summed E-state index contributed by atoms with van der Waals surface area (Å²) in [6.07, 6.45) is 8.31. The summed E-state index contributed by atoms with van der Waals surface area (Å²) < 4.78 is 0. The van der Waals surface area contributed by atoms with Crippen LogP contribution in [0.2, 0.25) is 0 Å². The van der Waals surface area contributed by atoms with Crippen LogP contribution in [0, 0.1) is 6.92 Å². The summed E-state index contributed by atoms with van der Waals surface area (Å²) in [5.41, 5.74) is 8.08. The van der Waals surface area contributed by atoms with Crippen molar-refractivity contribution < 1.29 is 0 Å². The Bertz CT molecular complexity index is 359. The van der Waals surface area contributed by atoms with Crippen LogP contribution in [0.3, 0.4) is 0 Å². The highest BCUT2D eigenvalue weighted by molar-refractivity contribution is 7.99. The molecule has 15 heavy (non-hydrogen) atoms. The summed E-state index contributed by atoms with van der Waals surface area (Å²) in [5, 5.41) is 0. The first-order valence-electron chi connectivity index (χ1n) is 4.82. The summed E-state index contributed by atoms with van der Waals surface area (Å²) in [4.78, 5) is 2.65. The zero-order chi connectivity index (χ0) is 11.3.